The molecule has 1 unspecified atom stereocenters. The maximum atomic E-state index is 12.4. The van der Waals surface area contributed by atoms with Crippen molar-refractivity contribution in [3.8, 4) is 0 Å². The van der Waals surface area contributed by atoms with E-state index in [0.717, 1.165) is 37.7 Å². The Hall–Kier alpha value is -0.760. The van der Waals surface area contributed by atoms with Gasteiger partial charge in [-0.3, -0.25) is 9.35 Å². The van der Waals surface area contributed by atoms with Gasteiger partial charge in [0.1, 0.15) is 5.78 Å². The molecule has 140 valence electrons. The first kappa shape index (κ1) is 17.6. The van der Waals surface area contributed by atoms with Crippen molar-refractivity contribution >= 4 is 16.2 Å². The molecule has 0 aromatic heterocycles. The maximum absolute atomic E-state index is 12.4. The Labute approximate surface area is 148 Å². The van der Waals surface area contributed by atoms with Gasteiger partial charge in [-0.05, 0) is 56.3 Å². The number of aliphatic hydroxyl groups is 1. The highest BCUT2D eigenvalue weighted by Crippen LogP contribution is 2.60. The summed E-state index contributed by atoms with van der Waals surface area (Å²) in [4.78, 5) is 12.4. The fourth-order valence-electron chi connectivity index (χ4n) is 6.24. The van der Waals surface area contributed by atoms with Crippen LogP contribution in [-0.4, -0.2) is 29.6 Å². The lowest BCUT2D eigenvalue weighted by atomic mass is 9.54. The summed E-state index contributed by atoms with van der Waals surface area (Å²) in [5, 5.41) is 10.4. The summed E-state index contributed by atoms with van der Waals surface area (Å²) in [5.74, 6) is 0.0322. The van der Waals surface area contributed by atoms with Crippen LogP contribution in [0.4, 0.5) is 0 Å². The van der Waals surface area contributed by atoms with Crippen molar-refractivity contribution in [3.05, 3.63) is 11.1 Å². The van der Waals surface area contributed by atoms with Gasteiger partial charge in [0.05, 0.1) is 0 Å². The summed E-state index contributed by atoms with van der Waals surface area (Å²) >= 11 is 0. The van der Waals surface area contributed by atoms with E-state index < -0.39 is 16.2 Å². The summed E-state index contributed by atoms with van der Waals surface area (Å²) in [5.41, 5.74) is 2.29. The predicted octanol–water partition coefficient (Wildman–Crippen LogP) is 2.78. The number of carbonyl (C=O) groups is 1. The van der Waals surface area contributed by atoms with Crippen molar-refractivity contribution < 1.29 is 27.1 Å². The van der Waals surface area contributed by atoms with E-state index in [1.54, 1.807) is 0 Å². The molecule has 25 heavy (non-hydrogen) atoms. The average Bonchev–Trinajstić information content (AvgIpc) is 2.80. The van der Waals surface area contributed by atoms with Crippen LogP contribution in [0.2, 0.25) is 0 Å². The molecule has 0 bridgehead atoms. The first-order valence-electron chi connectivity index (χ1n) is 9.26. The molecule has 0 aromatic carbocycles. The molecule has 4 aliphatic carbocycles. The molecule has 0 amide bonds. The predicted molar refractivity (Wildman–Crippen MR) is 89.7 cm³/mol. The van der Waals surface area contributed by atoms with Crippen molar-refractivity contribution in [2.75, 3.05) is 0 Å². The van der Waals surface area contributed by atoms with Gasteiger partial charge >= 0.3 is 10.4 Å². The molecule has 0 spiro atoms. The van der Waals surface area contributed by atoms with Gasteiger partial charge in [0.2, 0.25) is 0 Å². The van der Waals surface area contributed by atoms with Crippen LogP contribution in [0.15, 0.2) is 11.1 Å². The van der Waals surface area contributed by atoms with E-state index in [2.05, 4.69) is 11.1 Å². The second kappa shape index (κ2) is 5.62. The first-order chi connectivity index (χ1) is 11.6. The summed E-state index contributed by atoms with van der Waals surface area (Å²) in [6.45, 7) is 2.15. The van der Waals surface area contributed by atoms with Gasteiger partial charge in [0.15, 0.2) is 5.79 Å². The molecule has 4 rings (SSSR count). The van der Waals surface area contributed by atoms with Crippen molar-refractivity contribution in [3.63, 3.8) is 0 Å². The number of rotatable bonds is 2. The second-order valence-corrected chi connectivity index (χ2v) is 9.62. The molecule has 2 N–H and O–H groups in total. The molecule has 0 saturated heterocycles. The van der Waals surface area contributed by atoms with E-state index in [4.69, 9.17) is 4.55 Å². The molecule has 6 nitrogen and oxygen atoms in total. The number of hydrogen-bond donors (Lipinski definition) is 2. The monoisotopic (exact) mass is 370 g/mol. The first-order valence-corrected chi connectivity index (χ1v) is 10.6. The van der Waals surface area contributed by atoms with Gasteiger partial charge in [0.25, 0.3) is 0 Å². The highest BCUT2D eigenvalue weighted by molar-refractivity contribution is 7.80. The van der Waals surface area contributed by atoms with E-state index in [-0.39, 0.29) is 18.3 Å². The van der Waals surface area contributed by atoms with Gasteiger partial charge in [-0.1, -0.05) is 18.1 Å². The third kappa shape index (κ3) is 2.89. The number of allylic oxidation sites excluding steroid dienone is 1. The zero-order chi connectivity index (χ0) is 18.0. The minimum absolute atomic E-state index is 0.145. The molecule has 5 atom stereocenters. The maximum Gasteiger partial charge on any atom is 0.400 e. The van der Waals surface area contributed by atoms with E-state index >= 15 is 0 Å². The van der Waals surface area contributed by atoms with Crippen LogP contribution in [0, 0.1) is 23.2 Å². The standard InChI is InChI=1S/C18H26O6S/c1-17-8-6-13-12-7-9-18(20,24-25(21,22)23)10-11(12)2-3-14(13)15(17)4-5-16(17)19/h13-15,20H,2-10H2,1H3,(H,21,22,23)/t13-,14-,15?,17-,18+/m0/s1. The Morgan fingerprint density at radius 1 is 1.12 bits per heavy atom. The molecule has 7 heteroatoms. The fourth-order valence-corrected chi connectivity index (χ4v) is 6.77. The molecule has 4 aliphatic rings. The van der Waals surface area contributed by atoms with Crippen LogP contribution >= 0.6 is 0 Å². The van der Waals surface area contributed by atoms with Crippen LogP contribution in [0.3, 0.4) is 0 Å². The average molecular weight is 370 g/mol. The Morgan fingerprint density at radius 2 is 1.88 bits per heavy atom. The van der Waals surface area contributed by atoms with Crippen LogP contribution in [0.1, 0.15) is 64.7 Å². The van der Waals surface area contributed by atoms with E-state index in [0.29, 0.717) is 36.4 Å². The summed E-state index contributed by atoms with van der Waals surface area (Å²) in [7, 11) is -4.68. The Balaban J connectivity index is 1.58. The number of carbonyl (C=O) groups excluding carboxylic acids is 1. The number of Topliss-reactive ketones (excluding diaryl/α,β-unsaturated/α-hetero) is 1. The van der Waals surface area contributed by atoms with Crippen molar-refractivity contribution in [2.45, 2.75) is 70.5 Å². The Morgan fingerprint density at radius 3 is 2.60 bits per heavy atom. The molecule has 0 aromatic rings. The normalized spacial score (nSPS) is 44.3. The molecular weight excluding hydrogens is 344 g/mol. The van der Waals surface area contributed by atoms with E-state index in [1.165, 1.54) is 5.57 Å². The zero-order valence-corrected chi connectivity index (χ0v) is 15.3. The number of hydrogen-bond acceptors (Lipinski definition) is 5. The fraction of sp³-hybridized carbons (Fsp3) is 0.833. The minimum Gasteiger partial charge on any atom is -0.364 e. The van der Waals surface area contributed by atoms with Gasteiger partial charge in [0, 0.05) is 24.7 Å². The summed E-state index contributed by atoms with van der Waals surface area (Å²) in [6.07, 6.45) is 6.35. The Kier molecular flexibility index (Phi) is 3.96. The largest absolute Gasteiger partial charge is 0.400 e. The highest BCUT2D eigenvalue weighted by Gasteiger charge is 2.55. The zero-order valence-electron chi connectivity index (χ0n) is 14.5. The Bertz CT molecular complexity index is 741. The smallest absolute Gasteiger partial charge is 0.364 e. The van der Waals surface area contributed by atoms with Crippen LogP contribution < -0.4 is 0 Å². The summed E-state index contributed by atoms with van der Waals surface area (Å²) < 4.78 is 35.5. The highest BCUT2D eigenvalue weighted by atomic mass is 32.3. The quantitative estimate of drug-likeness (QED) is 0.440. The lowest BCUT2D eigenvalue weighted by Crippen LogP contribution is -2.46. The van der Waals surface area contributed by atoms with Gasteiger partial charge in [-0.2, -0.15) is 8.42 Å². The molecule has 2 fully saturated rings. The molecule has 0 radical (unpaired) electrons. The van der Waals surface area contributed by atoms with Crippen LogP contribution in [0.25, 0.3) is 0 Å². The van der Waals surface area contributed by atoms with Crippen molar-refractivity contribution in [1.82, 2.24) is 0 Å². The third-order valence-electron chi connectivity index (χ3n) is 7.36. The molecule has 0 aliphatic heterocycles. The van der Waals surface area contributed by atoms with E-state index in [1.807, 2.05) is 0 Å². The van der Waals surface area contributed by atoms with Gasteiger partial charge in [-0.25, -0.2) is 4.18 Å². The topological polar surface area (TPSA) is 101 Å². The molecule has 2 saturated carbocycles. The van der Waals surface area contributed by atoms with E-state index in [9.17, 15) is 18.3 Å². The van der Waals surface area contributed by atoms with Crippen molar-refractivity contribution in [1.29, 1.82) is 0 Å². The molecular formula is C18H26O6S. The van der Waals surface area contributed by atoms with Crippen LogP contribution in [-0.2, 0) is 19.4 Å². The number of ketones is 1. The lowest BCUT2D eigenvalue weighted by Gasteiger charge is -2.50. The molecule has 0 heterocycles. The van der Waals surface area contributed by atoms with Gasteiger partial charge in [-0.15, -0.1) is 0 Å². The third-order valence-corrected chi connectivity index (χ3v) is 7.88. The van der Waals surface area contributed by atoms with Gasteiger partial charge < -0.3 is 5.11 Å². The number of fused-ring (bicyclic) bond motifs is 4. The SMILES string of the molecule is C[C@]12CC[C@H]3C4=C(CC[C@@H]3C1CCC2=O)C[C@](O)(OS(=O)(=O)O)CC4. The summed E-state index contributed by atoms with van der Waals surface area (Å²) in [6, 6.07) is 0. The minimum atomic E-state index is -4.68. The lowest BCUT2D eigenvalue weighted by molar-refractivity contribution is -0.148. The van der Waals surface area contributed by atoms with Crippen molar-refractivity contribution in [2.24, 2.45) is 23.2 Å². The second-order valence-electron chi connectivity index (χ2n) is 8.60. The van der Waals surface area contributed by atoms with Crippen LogP contribution in [0.5, 0.6) is 0 Å².